The minimum absolute atomic E-state index is 0.143. The van der Waals surface area contributed by atoms with E-state index in [0.29, 0.717) is 15.9 Å². The Bertz CT molecular complexity index is 478. The number of halogens is 1. The van der Waals surface area contributed by atoms with Crippen molar-refractivity contribution in [2.45, 2.75) is 46.6 Å². The molecule has 0 radical (unpaired) electrons. The lowest BCUT2D eigenvalue weighted by Crippen LogP contribution is -2.45. The van der Waals surface area contributed by atoms with E-state index in [9.17, 15) is 4.79 Å². The molecule has 1 rings (SSSR count). The average Bonchev–Trinajstić information content (AvgIpc) is 2.16. The Labute approximate surface area is 123 Å². The van der Waals surface area contributed by atoms with Crippen LogP contribution >= 0.6 is 15.9 Å². The third-order valence-electron chi connectivity index (χ3n) is 2.55. The van der Waals surface area contributed by atoms with E-state index in [4.69, 9.17) is 5.73 Å². The third kappa shape index (κ3) is 5.19. The number of nitrogens with one attached hydrogen (secondary N) is 1. The highest BCUT2D eigenvalue weighted by atomic mass is 79.9. The summed E-state index contributed by atoms with van der Waals surface area (Å²) in [4.78, 5) is 16.2. The van der Waals surface area contributed by atoms with Gasteiger partial charge in [-0.25, -0.2) is 4.98 Å². The van der Waals surface area contributed by atoms with Gasteiger partial charge in [0.15, 0.2) is 0 Å². The van der Waals surface area contributed by atoms with Crippen LogP contribution in [0.5, 0.6) is 0 Å². The average molecular weight is 328 g/mol. The molecular weight excluding hydrogens is 306 g/mol. The molecule has 4 nitrogen and oxygen atoms in total. The number of pyridine rings is 1. The highest BCUT2D eigenvalue weighted by Crippen LogP contribution is 2.27. The van der Waals surface area contributed by atoms with Gasteiger partial charge in [-0.1, -0.05) is 20.8 Å². The van der Waals surface area contributed by atoms with E-state index in [2.05, 4.69) is 47.0 Å². The zero-order valence-electron chi connectivity index (χ0n) is 12.2. The minimum atomic E-state index is -0.285. The number of aromatic nitrogens is 1. The highest BCUT2D eigenvalue weighted by molar-refractivity contribution is 9.10. The first kappa shape index (κ1) is 16.0. The molecule has 0 spiro atoms. The Balaban J connectivity index is 2.87. The molecule has 1 aromatic heterocycles. The van der Waals surface area contributed by atoms with Crippen molar-refractivity contribution in [2.75, 3.05) is 5.73 Å². The highest BCUT2D eigenvalue weighted by Gasteiger charge is 2.28. The van der Waals surface area contributed by atoms with Gasteiger partial charge in [0.1, 0.15) is 5.82 Å². The molecule has 1 heterocycles. The second-order valence-electron chi connectivity index (χ2n) is 6.66. The number of nitrogens with zero attached hydrogens (tertiary/aromatic N) is 1. The largest absolute Gasteiger partial charge is 0.384 e. The van der Waals surface area contributed by atoms with Gasteiger partial charge in [0.25, 0.3) is 5.91 Å². The lowest BCUT2D eigenvalue weighted by Gasteiger charge is -2.33. The van der Waals surface area contributed by atoms with Gasteiger partial charge in [0.2, 0.25) is 0 Å². The predicted octanol–water partition coefficient (Wildman–Crippen LogP) is 3.37. The molecule has 0 aliphatic rings. The molecular formula is C14H22BrN3O. The summed E-state index contributed by atoms with van der Waals surface area (Å²) in [6.45, 7) is 10.5. The van der Waals surface area contributed by atoms with Crippen LogP contribution in [0.15, 0.2) is 16.7 Å². The number of hydrogen-bond donors (Lipinski definition) is 2. The number of nitrogens with two attached hydrogens (primary N) is 1. The summed E-state index contributed by atoms with van der Waals surface area (Å²) >= 11 is 3.32. The summed E-state index contributed by atoms with van der Waals surface area (Å²) in [5.41, 5.74) is 5.99. The van der Waals surface area contributed by atoms with Gasteiger partial charge in [0, 0.05) is 16.2 Å². The summed E-state index contributed by atoms with van der Waals surface area (Å²) in [6, 6.07) is 1.58. The molecule has 0 aliphatic heterocycles. The zero-order chi connectivity index (χ0) is 14.8. The van der Waals surface area contributed by atoms with Crippen molar-refractivity contribution in [1.82, 2.24) is 10.3 Å². The molecule has 0 aliphatic carbocycles. The van der Waals surface area contributed by atoms with Gasteiger partial charge >= 0.3 is 0 Å². The van der Waals surface area contributed by atoms with Crippen LogP contribution in [0.25, 0.3) is 0 Å². The van der Waals surface area contributed by atoms with E-state index in [-0.39, 0.29) is 16.9 Å². The van der Waals surface area contributed by atoms with E-state index in [1.165, 1.54) is 0 Å². The molecule has 0 fully saturated rings. The molecule has 1 amide bonds. The monoisotopic (exact) mass is 327 g/mol. The quantitative estimate of drug-likeness (QED) is 0.894. The first-order chi connectivity index (χ1) is 8.50. The molecule has 0 bridgehead atoms. The first-order valence-electron chi connectivity index (χ1n) is 6.24. The Morgan fingerprint density at radius 3 is 2.47 bits per heavy atom. The molecule has 5 heteroatoms. The predicted molar refractivity (Wildman–Crippen MR) is 82.0 cm³/mol. The van der Waals surface area contributed by atoms with E-state index >= 15 is 0 Å². The fraction of sp³-hybridized carbons (Fsp3) is 0.571. The van der Waals surface area contributed by atoms with Crippen LogP contribution in [0, 0.1) is 5.41 Å². The van der Waals surface area contributed by atoms with Gasteiger partial charge < -0.3 is 11.1 Å². The lowest BCUT2D eigenvalue weighted by atomic mass is 9.81. The van der Waals surface area contributed by atoms with Crippen LogP contribution in [-0.4, -0.2) is 16.4 Å². The SMILES string of the molecule is CC(C)(C)CC(C)(C)NC(=O)c1cc(N)ncc1Br. The van der Waals surface area contributed by atoms with Gasteiger partial charge in [0.05, 0.1) is 5.56 Å². The Kier molecular flexibility index (Phi) is 4.61. The molecule has 3 N–H and O–H groups in total. The summed E-state index contributed by atoms with van der Waals surface area (Å²) < 4.78 is 0.644. The Morgan fingerprint density at radius 1 is 1.37 bits per heavy atom. The normalized spacial score (nSPS) is 12.3. The summed E-state index contributed by atoms with van der Waals surface area (Å²) in [6.07, 6.45) is 2.42. The number of amides is 1. The van der Waals surface area contributed by atoms with Crippen molar-refractivity contribution in [3.05, 3.63) is 22.3 Å². The van der Waals surface area contributed by atoms with E-state index < -0.39 is 0 Å². The molecule has 19 heavy (non-hydrogen) atoms. The number of carbonyl (C=O) groups is 1. The Hall–Kier alpha value is -1.10. The number of carbonyl (C=O) groups excluding carboxylic acids is 1. The van der Waals surface area contributed by atoms with E-state index in [0.717, 1.165) is 6.42 Å². The van der Waals surface area contributed by atoms with Gasteiger partial charge in [-0.05, 0) is 47.7 Å². The minimum Gasteiger partial charge on any atom is -0.384 e. The van der Waals surface area contributed by atoms with Crippen molar-refractivity contribution >= 4 is 27.7 Å². The van der Waals surface area contributed by atoms with Gasteiger partial charge in [-0.2, -0.15) is 0 Å². The van der Waals surface area contributed by atoms with E-state index in [1.807, 2.05) is 13.8 Å². The van der Waals surface area contributed by atoms with Crippen molar-refractivity contribution in [2.24, 2.45) is 5.41 Å². The molecule has 0 saturated heterocycles. The number of anilines is 1. The zero-order valence-corrected chi connectivity index (χ0v) is 13.8. The fourth-order valence-electron chi connectivity index (χ4n) is 2.37. The molecule has 0 saturated carbocycles. The smallest absolute Gasteiger partial charge is 0.253 e. The van der Waals surface area contributed by atoms with Crippen molar-refractivity contribution in [1.29, 1.82) is 0 Å². The van der Waals surface area contributed by atoms with Crippen LogP contribution < -0.4 is 11.1 Å². The first-order valence-corrected chi connectivity index (χ1v) is 7.03. The van der Waals surface area contributed by atoms with Gasteiger partial charge in [-0.15, -0.1) is 0 Å². The number of nitrogen functional groups attached to an aromatic ring is 1. The standard InChI is InChI=1S/C14H22BrN3O/c1-13(2,3)8-14(4,5)18-12(19)9-6-11(16)17-7-10(9)15/h6-7H,8H2,1-5H3,(H2,16,17)(H,18,19). The van der Waals surface area contributed by atoms with Crippen LogP contribution in [0.2, 0.25) is 0 Å². The summed E-state index contributed by atoms with van der Waals surface area (Å²) in [5, 5.41) is 3.04. The topological polar surface area (TPSA) is 68.0 Å². The maximum Gasteiger partial charge on any atom is 0.253 e. The molecule has 106 valence electrons. The van der Waals surface area contributed by atoms with Crippen LogP contribution in [0.4, 0.5) is 5.82 Å². The molecule has 0 atom stereocenters. The lowest BCUT2D eigenvalue weighted by molar-refractivity contribution is 0.0890. The third-order valence-corrected chi connectivity index (χ3v) is 3.18. The van der Waals surface area contributed by atoms with Crippen LogP contribution in [0.3, 0.4) is 0 Å². The maximum atomic E-state index is 12.3. The van der Waals surface area contributed by atoms with Crippen molar-refractivity contribution in [3.63, 3.8) is 0 Å². The van der Waals surface area contributed by atoms with Crippen molar-refractivity contribution < 1.29 is 4.79 Å². The second-order valence-corrected chi connectivity index (χ2v) is 7.52. The van der Waals surface area contributed by atoms with Crippen LogP contribution in [0.1, 0.15) is 51.4 Å². The number of rotatable bonds is 3. The Morgan fingerprint density at radius 2 is 1.95 bits per heavy atom. The second kappa shape index (κ2) is 5.49. The summed E-state index contributed by atoms with van der Waals surface area (Å²) in [5.74, 6) is 0.192. The van der Waals surface area contributed by atoms with Crippen molar-refractivity contribution in [3.8, 4) is 0 Å². The molecule has 1 aromatic rings. The van der Waals surface area contributed by atoms with E-state index in [1.54, 1.807) is 12.3 Å². The fourth-order valence-corrected chi connectivity index (χ4v) is 2.77. The summed E-state index contributed by atoms with van der Waals surface area (Å²) in [7, 11) is 0. The molecule has 0 aromatic carbocycles. The van der Waals surface area contributed by atoms with Gasteiger partial charge in [-0.3, -0.25) is 4.79 Å². The molecule has 0 unspecified atom stereocenters. The van der Waals surface area contributed by atoms with Crippen LogP contribution in [-0.2, 0) is 0 Å². The maximum absolute atomic E-state index is 12.3. The number of hydrogen-bond acceptors (Lipinski definition) is 3.